The van der Waals surface area contributed by atoms with Crippen molar-refractivity contribution in [1.29, 1.82) is 0 Å². The maximum Gasteiger partial charge on any atom is 0.295 e. The van der Waals surface area contributed by atoms with Crippen LogP contribution in [0.2, 0.25) is 5.02 Å². The van der Waals surface area contributed by atoms with E-state index in [0.717, 1.165) is 17.4 Å². The molecule has 108 valence electrons. The number of nitrogens with one attached hydrogen (secondary N) is 1. The standard InChI is InChI=1S/C14H10ClFN2O3/c15-9-5-11(13(18(19)20)6-10(9)16)17-12-7-21-14-4-2-1-3-8(12)14/h1-6,12,17H,7H2. The molecule has 1 atom stereocenters. The minimum absolute atomic E-state index is 0.164. The van der Waals surface area contributed by atoms with Crippen molar-refractivity contribution in [3.8, 4) is 5.75 Å². The number of nitro benzene ring substituents is 1. The van der Waals surface area contributed by atoms with Gasteiger partial charge in [0.2, 0.25) is 0 Å². The van der Waals surface area contributed by atoms with Crippen molar-refractivity contribution in [2.45, 2.75) is 6.04 Å². The van der Waals surface area contributed by atoms with Gasteiger partial charge in [0.1, 0.15) is 23.9 Å². The number of hydrogen-bond donors (Lipinski definition) is 1. The van der Waals surface area contributed by atoms with Gasteiger partial charge in [-0.2, -0.15) is 0 Å². The zero-order valence-electron chi connectivity index (χ0n) is 10.7. The first kappa shape index (κ1) is 13.6. The Morgan fingerprint density at radius 1 is 1.38 bits per heavy atom. The van der Waals surface area contributed by atoms with Gasteiger partial charge in [0.15, 0.2) is 0 Å². The maximum absolute atomic E-state index is 13.4. The summed E-state index contributed by atoms with van der Waals surface area (Å²) < 4.78 is 18.9. The number of para-hydroxylation sites is 1. The van der Waals surface area contributed by atoms with Crippen molar-refractivity contribution in [3.63, 3.8) is 0 Å². The number of fused-ring (bicyclic) bond motifs is 1. The highest BCUT2D eigenvalue weighted by Gasteiger charge is 2.27. The lowest BCUT2D eigenvalue weighted by atomic mass is 10.1. The second-order valence-electron chi connectivity index (χ2n) is 4.59. The molecule has 0 amide bonds. The van der Waals surface area contributed by atoms with Gasteiger partial charge in [-0.1, -0.05) is 29.8 Å². The lowest BCUT2D eigenvalue weighted by molar-refractivity contribution is -0.384. The summed E-state index contributed by atoms with van der Waals surface area (Å²) in [5.74, 6) is -0.0946. The van der Waals surface area contributed by atoms with E-state index in [1.807, 2.05) is 24.3 Å². The van der Waals surface area contributed by atoms with Crippen LogP contribution in [0.15, 0.2) is 36.4 Å². The van der Waals surface area contributed by atoms with Crippen molar-refractivity contribution < 1.29 is 14.1 Å². The van der Waals surface area contributed by atoms with Crippen LogP contribution >= 0.6 is 11.6 Å². The fourth-order valence-corrected chi connectivity index (χ4v) is 2.44. The Balaban J connectivity index is 1.96. The first-order valence-corrected chi connectivity index (χ1v) is 6.56. The number of benzene rings is 2. The third-order valence-corrected chi connectivity index (χ3v) is 3.55. The van der Waals surface area contributed by atoms with Gasteiger partial charge in [-0.3, -0.25) is 10.1 Å². The molecule has 2 aromatic carbocycles. The third-order valence-electron chi connectivity index (χ3n) is 3.26. The molecule has 1 aliphatic heterocycles. The van der Waals surface area contributed by atoms with Crippen molar-refractivity contribution in [3.05, 3.63) is 62.9 Å². The molecule has 0 bridgehead atoms. The zero-order valence-corrected chi connectivity index (χ0v) is 11.4. The molecular formula is C14H10ClFN2O3. The molecule has 1 heterocycles. The molecule has 21 heavy (non-hydrogen) atoms. The van der Waals surface area contributed by atoms with Crippen LogP contribution < -0.4 is 10.1 Å². The minimum Gasteiger partial charge on any atom is -0.491 e. The Kier molecular flexibility index (Phi) is 3.39. The number of halogens is 2. The van der Waals surface area contributed by atoms with Crippen molar-refractivity contribution in [2.75, 3.05) is 11.9 Å². The molecule has 1 N–H and O–H groups in total. The largest absolute Gasteiger partial charge is 0.491 e. The normalized spacial score (nSPS) is 16.2. The van der Waals surface area contributed by atoms with Crippen molar-refractivity contribution in [1.82, 2.24) is 0 Å². The van der Waals surface area contributed by atoms with Crippen LogP contribution in [0.25, 0.3) is 0 Å². The summed E-state index contributed by atoms with van der Waals surface area (Å²) in [6.07, 6.45) is 0. The summed E-state index contributed by atoms with van der Waals surface area (Å²) in [4.78, 5) is 10.4. The average molecular weight is 309 g/mol. The average Bonchev–Trinajstić information content (AvgIpc) is 2.86. The van der Waals surface area contributed by atoms with E-state index in [-0.39, 0.29) is 22.4 Å². The third kappa shape index (κ3) is 2.50. The molecule has 0 saturated carbocycles. The Bertz CT molecular complexity index is 723. The van der Waals surface area contributed by atoms with E-state index < -0.39 is 10.7 Å². The highest BCUT2D eigenvalue weighted by Crippen LogP contribution is 2.37. The van der Waals surface area contributed by atoms with E-state index in [1.165, 1.54) is 6.07 Å². The summed E-state index contributed by atoms with van der Waals surface area (Å²) >= 11 is 5.71. The Labute approximate surface area is 124 Å². The van der Waals surface area contributed by atoms with Crippen LogP contribution in [0.4, 0.5) is 15.8 Å². The topological polar surface area (TPSA) is 64.4 Å². The van der Waals surface area contributed by atoms with Gasteiger partial charge in [0, 0.05) is 5.56 Å². The van der Waals surface area contributed by atoms with E-state index >= 15 is 0 Å². The van der Waals surface area contributed by atoms with Crippen LogP contribution in [-0.4, -0.2) is 11.5 Å². The van der Waals surface area contributed by atoms with Crippen LogP contribution in [0.3, 0.4) is 0 Å². The van der Waals surface area contributed by atoms with Crippen LogP contribution in [0.5, 0.6) is 5.75 Å². The summed E-state index contributed by atoms with van der Waals surface area (Å²) in [7, 11) is 0. The number of hydrogen-bond acceptors (Lipinski definition) is 4. The van der Waals surface area contributed by atoms with E-state index in [2.05, 4.69) is 5.32 Å². The molecule has 1 aliphatic rings. The van der Waals surface area contributed by atoms with Gasteiger partial charge < -0.3 is 10.1 Å². The summed E-state index contributed by atoms with van der Waals surface area (Å²) in [5, 5.41) is 13.9. The number of rotatable bonds is 3. The lowest BCUT2D eigenvalue weighted by Gasteiger charge is -2.13. The molecule has 2 aromatic rings. The van der Waals surface area contributed by atoms with E-state index in [4.69, 9.17) is 16.3 Å². The predicted octanol–water partition coefficient (Wildman–Crippen LogP) is 3.93. The first-order valence-electron chi connectivity index (χ1n) is 6.18. The lowest BCUT2D eigenvalue weighted by Crippen LogP contribution is -2.13. The van der Waals surface area contributed by atoms with Gasteiger partial charge in [-0.15, -0.1) is 0 Å². The van der Waals surface area contributed by atoms with Crippen LogP contribution in [-0.2, 0) is 0 Å². The molecule has 0 aromatic heterocycles. The van der Waals surface area contributed by atoms with Gasteiger partial charge in [0.05, 0.1) is 22.1 Å². The summed E-state index contributed by atoms with van der Waals surface area (Å²) in [5.41, 5.74) is 0.699. The molecular weight excluding hydrogens is 299 g/mol. The number of nitrogens with zero attached hydrogens (tertiary/aromatic N) is 1. The molecule has 1 unspecified atom stereocenters. The Hall–Kier alpha value is -2.34. The molecule has 0 spiro atoms. The first-order chi connectivity index (χ1) is 10.1. The fourth-order valence-electron chi connectivity index (χ4n) is 2.27. The minimum atomic E-state index is -0.822. The van der Waals surface area contributed by atoms with E-state index in [0.29, 0.717) is 6.61 Å². The molecule has 0 saturated heterocycles. The Morgan fingerprint density at radius 2 is 2.14 bits per heavy atom. The highest BCUT2D eigenvalue weighted by atomic mass is 35.5. The van der Waals surface area contributed by atoms with Crippen LogP contribution in [0, 0.1) is 15.9 Å². The zero-order chi connectivity index (χ0) is 15.0. The number of ether oxygens (including phenoxy) is 1. The number of anilines is 1. The maximum atomic E-state index is 13.4. The van der Waals surface area contributed by atoms with Gasteiger partial charge >= 0.3 is 0 Å². The second-order valence-corrected chi connectivity index (χ2v) is 4.99. The van der Waals surface area contributed by atoms with Crippen molar-refractivity contribution in [2.24, 2.45) is 0 Å². The number of nitro groups is 1. The van der Waals surface area contributed by atoms with E-state index in [9.17, 15) is 14.5 Å². The summed E-state index contributed by atoms with van der Waals surface area (Å²) in [6, 6.07) is 9.18. The van der Waals surface area contributed by atoms with Crippen LogP contribution in [0.1, 0.15) is 11.6 Å². The SMILES string of the molecule is O=[N+]([O-])c1cc(F)c(Cl)cc1NC1COc2ccccc21. The molecule has 5 nitrogen and oxygen atoms in total. The van der Waals surface area contributed by atoms with Gasteiger partial charge in [-0.05, 0) is 12.1 Å². The van der Waals surface area contributed by atoms with Gasteiger partial charge in [0.25, 0.3) is 5.69 Å². The molecule has 0 radical (unpaired) electrons. The second kappa shape index (κ2) is 5.21. The van der Waals surface area contributed by atoms with Crippen molar-refractivity contribution >= 4 is 23.0 Å². The molecule has 7 heteroatoms. The Morgan fingerprint density at radius 3 is 2.90 bits per heavy atom. The van der Waals surface area contributed by atoms with E-state index in [1.54, 1.807) is 0 Å². The molecule has 0 aliphatic carbocycles. The monoisotopic (exact) mass is 308 g/mol. The predicted molar refractivity (Wildman–Crippen MR) is 76.4 cm³/mol. The fraction of sp³-hybridized carbons (Fsp3) is 0.143. The smallest absolute Gasteiger partial charge is 0.295 e. The molecule has 0 fully saturated rings. The molecule has 3 rings (SSSR count). The quantitative estimate of drug-likeness (QED) is 0.689. The van der Waals surface area contributed by atoms with Gasteiger partial charge in [-0.25, -0.2) is 4.39 Å². The summed E-state index contributed by atoms with van der Waals surface area (Å²) in [6.45, 7) is 0.339. The highest BCUT2D eigenvalue weighted by molar-refractivity contribution is 6.31.